The van der Waals surface area contributed by atoms with Gasteiger partial charge >= 0.3 is 6.03 Å². The van der Waals surface area contributed by atoms with Crippen molar-refractivity contribution in [3.63, 3.8) is 0 Å². The van der Waals surface area contributed by atoms with E-state index < -0.39 is 0 Å². The van der Waals surface area contributed by atoms with Gasteiger partial charge in [0, 0.05) is 23.5 Å². The standard InChI is InChI=1S/C26H25N3O3/c30-25(27-21-10-12-22(13-11-21)28-26(31)29-23-14-15-23)16-9-19-7-4-8-24(17-19)32-18-20-5-2-1-3-6-20/h1-13,16-17,23H,14-15,18H2,(H,27,30)(H2,28,29,31)/b16-9+. The van der Waals surface area contributed by atoms with Gasteiger partial charge in [0.1, 0.15) is 12.4 Å². The first-order valence-electron chi connectivity index (χ1n) is 10.6. The molecule has 0 saturated heterocycles. The molecule has 3 N–H and O–H groups in total. The SMILES string of the molecule is O=C(/C=C/c1cccc(OCc2ccccc2)c1)Nc1ccc(NC(=O)NC2CC2)cc1. The van der Waals surface area contributed by atoms with Crippen LogP contribution >= 0.6 is 0 Å². The summed E-state index contributed by atoms with van der Waals surface area (Å²) in [6.07, 6.45) is 5.29. The van der Waals surface area contributed by atoms with Gasteiger partial charge in [0.25, 0.3) is 0 Å². The van der Waals surface area contributed by atoms with Gasteiger partial charge < -0.3 is 20.7 Å². The van der Waals surface area contributed by atoms with Crippen LogP contribution in [0.2, 0.25) is 0 Å². The average Bonchev–Trinajstić information content (AvgIpc) is 3.62. The number of anilines is 2. The predicted octanol–water partition coefficient (Wildman–Crippen LogP) is 5.20. The predicted molar refractivity (Wildman–Crippen MR) is 126 cm³/mol. The molecule has 0 aliphatic heterocycles. The maximum Gasteiger partial charge on any atom is 0.319 e. The van der Waals surface area contributed by atoms with E-state index in [0.29, 0.717) is 24.0 Å². The van der Waals surface area contributed by atoms with Crippen LogP contribution in [0.3, 0.4) is 0 Å². The molecule has 6 nitrogen and oxygen atoms in total. The average molecular weight is 428 g/mol. The second-order valence-corrected chi connectivity index (χ2v) is 7.62. The molecule has 0 unspecified atom stereocenters. The molecule has 4 rings (SSSR count). The van der Waals surface area contributed by atoms with Crippen molar-refractivity contribution in [2.75, 3.05) is 10.6 Å². The molecule has 1 saturated carbocycles. The van der Waals surface area contributed by atoms with E-state index >= 15 is 0 Å². The molecule has 0 radical (unpaired) electrons. The highest BCUT2D eigenvalue weighted by Crippen LogP contribution is 2.20. The van der Waals surface area contributed by atoms with Crippen LogP contribution < -0.4 is 20.7 Å². The van der Waals surface area contributed by atoms with E-state index in [9.17, 15) is 9.59 Å². The lowest BCUT2D eigenvalue weighted by Gasteiger charge is -2.08. The van der Waals surface area contributed by atoms with E-state index in [0.717, 1.165) is 29.7 Å². The van der Waals surface area contributed by atoms with Crippen molar-refractivity contribution >= 4 is 29.4 Å². The second kappa shape index (κ2) is 10.3. The van der Waals surface area contributed by atoms with Crippen molar-refractivity contribution in [1.29, 1.82) is 0 Å². The van der Waals surface area contributed by atoms with Crippen LogP contribution in [0.4, 0.5) is 16.2 Å². The van der Waals surface area contributed by atoms with Gasteiger partial charge in [0.2, 0.25) is 5.91 Å². The molecular weight excluding hydrogens is 402 g/mol. The van der Waals surface area contributed by atoms with Crippen LogP contribution in [0.15, 0.2) is 84.9 Å². The minimum Gasteiger partial charge on any atom is -0.489 e. The number of hydrogen-bond donors (Lipinski definition) is 3. The van der Waals surface area contributed by atoms with Gasteiger partial charge in [0.15, 0.2) is 0 Å². The summed E-state index contributed by atoms with van der Waals surface area (Å²) in [5.41, 5.74) is 3.28. The molecule has 162 valence electrons. The highest BCUT2D eigenvalue weighted by atomic mass is 16.5. The minimum absolute atomic E-state index is 0.206. The largest absolute Gasteiger partial charge is 0.489 e. The normalized spacial score (nSPS) is 12.9. The Labute approximate surface area is 187 Å². The maximum absolute atomic E-state index is 12.3. The Morgan fingerprint density at radius 2 is 1.59 bits per heavy atom. The van der Waals surface area contributed by atoms with Gasteiger partial charge in [-0.25, -0.2) is 4.79 Å². The molecule has 32 heavy (non-hydrogen) atoms. The van der Waals surface area contributed by atoms with Crippen molar-refractivity contribution in [2.45, 2.75) is 25.5 Å². The minimum atomic E-state index is -0.243. The monoisotopic (exact) mass is 427 g/mol. The number of ether oxygens (including phenoxy) is 1. The fourth-order valence-corrected chi connectivity index (χ4v) is 3.02. The number of urea groups is 1. The number of nitrogens with one attached hydrogen (secondary N) is 3. The zero-order valence-electron chi connectivity index (χ0n) is 17.6. The Balaban J connectivity index is 1.27. The summed E-state index contributed by atoms with van der Waals surface area (Å²) in [5, 5.41) is 8.45. The molecule has 3 amide bonds. The molecule has 6 heteroatoms. The van der Waals surface area contributed by atoms with Crippen LogP contribution in [-0.2, 0) is 11.4 Å². The van der Waals surface area contributed by atoms with Crippen molar-refractivity contribution in [3.8, 4) is 5.75 Å². The summed E-state index contributed by atoms with van der Waals surface area (Å²) >= 11 is 0. The van der Waals surface area contributed by atoms with Gasteiger partial charge in [-0.15, -0.1) is 0 Å². The van der Waals surface area contributed by atoms with E-state index in [4.69, 9.17) is 4.74 Å². The Morgan fingerprint density at radius 3 is 2.31 bits per heavy atom. The fourth-order valence-electron chi connectivity index (χ4n) is 3.02. The number of hydrogen-bond acceptors (Lipinski definition) is 3. The Bertz CT molecular complexity index is 1090. The third-order valence-corrected chi connectivity index (χ3v) is 4.86. The van der Waals surface area contributed by atoms with Crippen LogP contribution in [0.5, 0.6) is 5.75 Å². The number of benzene rings is 3. The second-order valence-electron chi connectivity index (χ2n) is 7.62. The molecule has 0 aromatic heterocycles. The zero-order chi connectivity index (χ0) is 22.2. The van der Waals surface area contributed by atoms with Crippen LogP contribution in [0.25, 0.3) is 6.08 Å². The van der Waals surface area contributed by atoms with Gasteiger partial charge in [-0.1, -0.05) is 42.5 Å². The Morgan fingerprint density at radius 1 is 0.875 bits per heavy atom. The summed E-state index contributed by atoms with van der Waals surface area (Å²) in [5.74, 6) is 0.498. The highest BCUT2D eigenvalue weighted by Gasteiger charge is 2.23. The van der Waals surface area contributed by atoms with Crippen molar-refractivity contribution in [1.82, 2.24) is 5.32 Å². The van der Waals surface area contributed by atoms with Gasteiger partial charge in [-0.3, -0.25) is 4.79 Å². The van der Waals surface area contributed by atoms with Crippen molar-refractivity contribution in [3.05, 3.63) is 96.1 Å². The number of carbonyl (C=O) groups is 2. The third kappa shape index (κ3) is 6.74. The topological polar surface area (TPSA) is 79.5 Å². The molecule has 1 fully saturated rings. The number of carbonyl (C=O) groups excluding carboxylic acids is 2. The molecule has 1 aliphatic carbocycles. The molecule has 3 aromatic rings. The van der Waals surface area contributed by atoms with E-state index in [1.807, 2.05) is 54.6 Å². The first-order chi connectivity index (χ1) is 15.6. The molecule has 0 heterocycles. The number of amides is 3. The smallest absolute Gasteiger partial charge is 0.319 e. The Hall–Kier alpha value is -4.06. The van der Waals surface area contributed by atoms with E-state index in [1.165, 1.54) is 6.08 Å². The van der Waals surface area contributed by atoms with E-state index in [-0.39, 0.29) is 11.9 Å². The van der Waals surface area contributed by atoms with Crippen molar-refractivity contribution < 1.29 is 14.3 Å². The van der Waals surface area contributed by atoms with Crippen LogP contribution in [0.1, 0.15) is 24.0 Å². The zero-order valence-corrected chi connectivity index (χ0v) is 17.6. The van der Waals surface area contributed by atoms with Crippen LogP contribution in [0, 0.1) is 0 Å². The van der Waals surface area contributed by atoms with Gasteiger partial charge in [-0.05, 0) is 66.4 Å². The van der Waals surface area contributed by atoms with Crippen LogP contribution in [-0.4, -0.2) is 18.0 Å². The quantitative estimate of drug-likeness (QED) is 0.432. The summed E-state index contributed by atoms with van der Waals surface area (Å²) < 4.78 is 5.83. The summed E-state index contributed by atoms with van der Waals surface area (Å²) in [4.78, 5) is 24.0. The molecular formula is C26H25N3O3. The number of rotatable bonds is 8. The molecule has 0 bridgehead atoms. The summed E-state index contributed by atoms with van der Waals surface area (Å²) in [7, 11) is 0. The van der Waals surface area contributed by atoms with Crippen molar-refractivity contribution in [2.24, 2.45) is 0 Å². The maximum atomic E-state index is 12.3. The highest BCUT2D eigenvalue weighted by molar-refractivity contribution is 6.02. The summed E-state index contributed by atoms with van der Waals surface area (Å²) in [6, 6.07) is 24.6. The third-order valence-electron chi connectivity index (χ3n) is 4.86. The van der Waals surface area contributed by atoms with Gasteiger partial charge in [0.05, 0.1) is 0 Å². The van der Waals surface area contributed by atoms with E-state index in [2.05, 4.69) is 16.0 Å². The van der Waals surface area contributed by atoms with Gasteiger partial charge in [-0.2, -0.15) is 0 Å². The van der Waals surface area contributed by atoms with E-state index in [1.54, 1.807) is 30.3 Å². The lowest BCUT2D eigenvalue weighted by Crippen LogP contribution is -2.30. The molecule has 1 aliphatic rings. The lowest BCUT2D eigenvalue weighted by atomic mass is 10.2. The first kappa shape index (κ1) is 21.2. The summed E-state index contributed by atoms with van der Waals surface area (Å²) in [6.45, 7) is 0.488. The first-order valence-corrected chi connectivity index (χ1v) is 10.6. The Kier molecular flexibility index (Phi) is 6.82. The molecule has 0 atom stereocenters. The molecule has 0 spiro atoms. The lowest BCUT2D eigenvalue weighted by molar-refractivity contribution is -0.111. The fraction of sp³-hybridized carbons (Fsp3) is 0.154. The molecule has 3 aromatic carbocycles.